The summed E-state index contributed by atoms with van der Waals surface area (Å²) >= 11 is 0. The van der Waals surface area contributed by atoms with Gasteiger partial charge in [0.05, 0.1) is 33.2 Å². The zero-order valence-corrected chi connectivity index (χ0v) is 17.3. The van der Waals surface area contributed by atoms with E-state index in [1.54, 1.807) is 42.5 Å². The van der Waals surface area contributed by atoms with E-state index in [4.69, 9.17) is 4.42 Å². The first kappa shape index (κ1) is 19.0. The number of para-hydroxylation sites is 4. The maximum Gasteiger partial charge on any atom is 0.347 e. The lowest BCUT2D eigenvalue weighted by Crippen LogP contribution is -2.13. The third-order valence-corrected chi connectivity index (χ3v) is 5.73. The fourth-order valence-electron chi connectivity index (χ4n) is 4.16. The predicted octanol–water partition coefficient (Wildman–Crippen LogP) is 5.74. The molecule has 33 heavy (non-hydrogen) atoms. The summed E-state index contributed by atoms with van der Waals surface area (Å²) in [6.45, 7) is 0. The largest absolute Gasteiger partial charge is 0.403 e. The fraction of sp³-hybridized carbons (Fsp3) is 0. The number of hydrogen-bond donors (Lipinski definition) is 2. The molecule has 2 heterocycles. The van der Waals surface area contributed by atoms with Crippen molar-refractivity contribution in [2.24, 2.45) is 0 Å². The van der Waals surface area contributed by atoms with Crippen LogP contribution < -0.4 is 10.9 Å². The summed E-state index contributed by atoms with van der Waals surface area (Å²) in [5.74, 6) is -0.124. The molecule has 0 aliphatic carbocycles. The summed E-state index contributed by atoms with van der Waals surface area (Å²) in [6, 6.07) is 27.7. The van der Waals surface area contributed by atoms with Gasteiger partial charge in [0.1, 0.15) is 0 Å². The van der Waals surface area contributed by atoms with E-state index < -0.39 is 5.63 Å². The van der Waals surface area contributed by atoms with E-state index in [1.807, 2.05) is 48.5 Å². The van der Waals surface area contributed by atoms with Gasteiger partial charge in [-0.3, -0.25) is 4.79 Å². The third kappa shape index (κ3) is 3.16. The normalized spacial score (nSPS) is 11.3. The molecular formula is C27H17N3O3. The minimum Gasteiger partial charge on any atom is -0.403 e. The molecule has 1 amide bonds. The van der Waals surface area contributed by atoms with Crippen molar-refractivity contribution in [3.8, 4) is 11.5 Å². The van der Waals surface area contributed by atoms with Crippen molar-refractivity contribution in [1.82, 2.24) is 9.97 Å². The number of nitrogens with zero attached hydrogens (tertiary/aromatic N) is 1. The van der Waals surface area contributed by atoms with E-state index in [0.29, 0.717) is 27.7 Å². The van der Waals surface area contributed by atoms with Gasteiger partial charge in [0, 0.05) is 16.3 Å². The van der Waals surface area contributed by atoms with Crippen molar-refractivity contribution in [2.45, 2.75) is 0 Å². The number of carbonyl (C=O) groups excluding carboxylic acids is 1. The Balaban J connectivity index is 1.43. The molecule has 0 aliphatic heterocycles. The van der Waals surface area contributed by atoms with Gasteiger partial charge in [-0.15, -0.1) is 0 Å². The van der Waals surface area contributed by atoms with Gasteiger partial charge in [0.2, 0.25) is 5.89 Å². The summed E-state index contributed by atoms with van der Waals surface area (Å²) in [7, 11) is 0. The van der Waals surface area contributed by atoms with Crippen LogP contribution in [0.2, 0.25) is 0 Å². The lowest BCUT2D eigenvalue weighted by molar-refractivity contribution is 0.102. The number of amides is 1. The second kappa shape index (κ2) is 7.46. The van der Waals surface area contributed by atoms with Crippen LogP contribution >= 0.6 is 0 Å². The third-order valence-electron chi connectivity index (χ3n) is 5.73. The molecule has 0 fully saturated rings. The van der Waals surface area contributed by atoms with Crippen LogP contribution in [-0.4, -0.2) is 15.9 Å². The Morgan fingerprint density at radius 3 is 2.42 bits per heavy atom. The molecule has 0 atom stereocenters. The lowest BCUT2D eigenvalue weighted by atomic mass is 10.1. The molecule has 2 aromatic heterocycles. The summed E-state index contributed by atoms with van der Waals surface area (Å²) in [6.07, 6.45) is 0. The highest BCUT2D eigenvalue weighted by Gasteiger charge is 2.17. The Morgan fingerprint density at radius 1 is 0.788 bits per heavy atom. The SMILES string of the molecule is O=C(Nc1ccccc1-c1nc2ccccc2c(=O)o1)c1cccc2c1[nH]c1ccccc12. The zero-order chi connectivity index (χ0) is 22.4. The molecule has 0 radical (unpaired) electrons. The number of fused-ring (bicyclic) bond motifs is 4. The molecule has 0 saturated heterocycles. The van der Waals surface area contributed by atoms with E-state index in [0.717, 1.165) is 21.8 Å². The number of rotatable bonds is 3. The van der Waals surface area contributed by atoms with Crippen LogP contribution in [0.3, 0.4) is 0 Å². The van der Waals surface area contributed by atoms with Crippen molar-refractivity contribution >= 4 is 44.3 Å². The van der Waals surface area contributed by atoms with Crippen LogP contribution in [0.25, 0.3) is 44.2 Å². The van der Waals surface area contributed by atoms with Crippen molar-refractivity contribution in [3.63, 3.8) is 0 Å². The molecule has 0 bridgehead atoms. The lowest BCUT2D eigenvalue weighted by Gasteiger charge is -2.11. The Kier molecular flexibility index (Phi) is 4.30. The second-order valence-corrected chi connectivity index (χ2v) is 7.72. The van der Waals surface area contributed by atoms with E-state index in [9.17, 15) is 9.59 Å². The minimum absolute atomic E-state index is 0.151. The van der Waals surface area contributed by atoms with Crippen LogP contribution in [0.1, 0.15) is 10.4 Å². The summed E-state index contributed by atoms with van der Waals surface area (Å²) < 4.78 is 5.49. The number of aromatic nitrogens is 2. The number of nitrogens with one attached hydrogen (secondary N) is 2. The van der Waals surface area contributed by atoms with Gasteiger partial charge >= 0.3 is 5.63 Å². The van der Waals surface area contributed by atoms with Crippen molar-refractivity contribution < 1.29 is 9.21 Å². The average Bonchev–Trinajstić information content (AvgIpc) is 3.23. The van der Waals surface area contributed by atoms with Crippen LogP contribution in [0, 0.1) is 0 Å². The van der Waals surface area contributed by atoms with Crippen LogP contribution in [0.15, 0.2) is 100 Å². The molecule has 6 aromatic rings. The fourth-order valence-corrected chi connectivity index (χ4v) is 4.16. The van der Waals surface area contributed by atoms with Crippen LogP contribution in [0.5, 0.6) is 0 Å². The van der Waals surface area contributed by atoms with Gasteiger partial charge in [-0.2, -0.15) is 0 Å². The highest BCUT2D eigenvalue weighted by molar-refractivity contribution is 6.18. The predicted molar refractivity (Wildman–Crippen MR) is 129 cm³/mol. The maximum absolute atomic E-state index is 13.3. The molecule has 0 saturated carbocycles. The van der Waals surface area contributed by atoms with Crippen LogP contribution in [-0.2, 0) is 0 Å². The quantitative estimate of drug-likeness (QED) is 0.374. The Morgan fingerprint density at radius 2 is 1.52 bits per heavy atom. The minimum atomic E-state index is -0.473. The number of benzene rings is 4. The van der Waals surface area contributed by atoms with E-state index in [2.05, 4.69) is 15.3 Å². The van der Waals surface area contributed by atoms with Crippen molar-refractivity contribution in [3.05, 3.63) is 107 Å². The highest BCUT2D eigenvalue weighted by atomic mass is 16.4. The summed E-state index contributed by atoms with van der Waals surface area (Å²) in [4.78, 5) is 33.6. The van der Waals surface area contributed by atoms with Gasteiger partial charge in [-0.25, -0.2) is 9.78 Å². The molecule has 2 N–H and O–H groups in total. The topological polar surface area (TPSA) is 88.0 Å². The van der Waals surface area contributed by atoms with Crippen LogP contribution in [0.4, 0.5) is 5.69 Å². The van der Waals surface area contributed by atoms with Crippen molar-refractivity contribution in [1.29, 1.82) is 0 Å². The molecule has 0 unspecified atom stereocenters. The zero-order valence-electron chi connectivity index (χ0n) is 17.3. The Hall–Kier alpha value is -4.71. The molecule has 158 valence electrons. The first-order valence-corrected chi connectivity index (χ1v) is 10.5. The number of carbonyl (C=O) groups is 1. The molecule has 6 heteroatoms. The maximum atomic E-state index is 13.3. The smallest absolute Gasteiger partial charge is 0.347 e. The number of aromatic amines is 1. The monoisotopic (exact) mass is 431 g/mol. The summed E-state index contributed by atoms with van der Waals surface area (Å²) in [5.41, 5.74) is 3.34. The molecule has 0 aliphatic rings. The van der Waals surface area contributed by atoms with Gasteiger partial charge in [-0.1, -0.05) is 54.6 Å². The molecule has 4 aromatic carbocycles. The summed E-state index contributed by atoms with van der Waals surface area (Å²) in [5, 5.41) is 5.42. The molecule has 0 spiro atoms. The Bertz CT molecular complexity index is 1750. The van der Waals surface area contributed by atoms with Crippen molar-refractivity contribution in [2.75, 3.05) is 5.32 Å². The molecule has 6 nitrogen and oxygen atoms in total. The molecular weight excluding hydrogens is 414 g/mol. The average molecular weight is 431 g/mol. The highest BCUT2D eigenvalue weighted by Crippen LogP contribution is 2.30. The first-order valence-electron chi connectivity index (χ1n) is 10.5. The van der Waals surface area contributed by atoms with E-state index in [1.165, 1.54) is 0 Å². The Labute approximate surface area is 187 Å². The van der Waals surface area contributed by atoms with Gasteiger partial charge in [0.15, 0.2) is 0 Å². The number of hydrogen-bond acceptors (Lipinski definition) is 4. The van der Waals surface area contributed by atoms with Gasteiger partial charge < -0.3 is 14.7 Å². The standard InChI is InChI=1S/C27H17N3O3/c31-25(20-12-7-11-17-16-8-1-4-13-21(16)28-24(17)20)29-22-14-5-2-9-18(22)26-30-23-15-6-3-10-19(23)27(32)33-26/h1-15,28H,(H,29,31). The number of anilines is 1. The molecule has 6 rings (SSSR count). The first-order chi connectivity index (χ1) is 16.2. The number of H-pyrrole nitrogens is 1. The van der Waals surface area contributed by atoms with E-state index in [-0.39, 0.29) is 11.8 Å². The second-order valence-electron chi connectivity index (χ2n) is 7.72. The van der Waals surface area contributed by atoms with E-state index >= 15 is 0 Å². The van der Waals surface area contributed by atoms with Gasteiger partial charge in [0.25, 0.3) is 5.91 Å². The van der Waals surface area contributed by atoms with Gasteiger partial charge in [-0.05, 0) is 36.4 Å².